The van der Waals surface area contributed by atoms with E-state index in [0.29, 0.717) is 19.4 Å². The molecule has 0 saturated heterocycles. The van der Waals surface area contributed by atoms with Crippen LogP contribution in [0.3, 0.4) is 0 Å². The number of rotatable bonds is 7. The summed E-state index contributed by atoms with van der Waals surface area (Å²) in [5.41, 5.74) is 3.69. The van der Waals surface area contributed by atoms with Crippen molar-refractivity contribution in [1.29, 1.82) is 0 Å². The predicted molar refractivity (Wildman–Crippen MR) is 101 cm³/mol. The summed E-state index contributed by atoms with van der Waals surface area (Å²) in [4.78, 5) is 20.7. The average Bonchev–Trinajstić information content (AvgIpc) is 2.72. The van der Waals surface area contributed by atoms with Crippen molar-refractivity contribution in [2.24, 2.45) is 0 Å². The molecule has 3 rings (SSSR count). The third-order valence-electron chi connectivity index (χ3n) is 4.02. The second kappa shape index (κ2) is 8.76. The summed E-state index contributed by atoms with van der Waals surface area (Å²) in [6, 6.07) is 17.4. The van der Waals surface area contributed by atoms with Gasteiger partial charge in [0.2, 0.25) is 5.91 Å². The SMILES string of the molecule is COc1cccc(CCC(=O)NCc2ccc(-c3ccccn3)nc2)c1. The first-order valence-electron chi connectivity index (χ1n) is 8.50. The zero-order chi connectivity index (χ0) is 18.2. The molecule has 0 aliphatic carbocycles. The molecule has 0 bridgehead atoms. The lowest BCUT2D eigenvalue weighted by Gasteiger charge is -2.07. The molecule has 0 fully saturated rings. The van der Waals surface area contributed by atoms with E-state index in [4.69, 9.17) is 4.74 Å². The van der Waals surface area contributed by atoms with Gasteiger partial charge in [-0.1, -0.05) is 24.3 Å². The first-order valence-corrected chi connectivity index (χ1v) is 8.50. The van der Waals surface area contributed by atoms with E-state index >= 15 is 0 Å². The van der Waals surface area contributed by atoms with E-state index in [-0.39, 0.29) is 5.91 Å². The standard InChI is InChI=1S/C21H21N3O2/c1-26-18-6-4-5-16(13-18)9-11-21(25)24-15-17-8-10-20(23-14-17)19-7-2-3-12-22-19/h2-8,10,12-14H,9,11,15H2,1H3,(H,24,25). The Kier molecular flexibility index (Phi) is 5.93. The zero-order valence-electron chi connectivity index (χ0n) is 14.7. The van der Waals surface area contributed by atoms with E-state index in [9.17, 15) is 4.79 Å². The number of aryl methyl sites for hydroxylation is 1. The number of amides is 1. The molecule has 0 radical (unpaired) electrons. The van der Waals surface area contributed by atoms with E-state index in [2.05, 4.69) is 15.3 Å². The molecule has 0 spiro atoms. The van der Waals surface area contributed by atoms with Crippen molar-refractivity contribution in [2.75, 3.05) is 7.11 Å². The molecule has 5 nitrogen and oxygen atoms in total. The summed E-state index contributed by atoms with van der Waals surface area (Å²) < 4.78 is 5.20. The number of pyridine rings is 2. The number of hydrogen-bond donors (Lipinski definition) is 1. The lowest BCUT2D eigenvalue weighted by atomic mass is 10.1. The van der Waals surface area contributed by atoms with Gasteiger partial charge in [0.1, 0.15) is 5.75 Å². The van der Waals surface area contributed by atoms with Crippen molar-refractivity contribution in [1.82, 2.24) is 15.3 Å². The van der Waals surface area contributed by atoms with Crippen molar-refractivity contribution in [3.05, 3.63) is 78.1 Å². The Morgan fingerprint density at radius 2 is 1.88 bits per heavy atom. The molecule has 2 heterocycles. The maximum Gasteiger partial charge on any atom is 0.220 e. The first-order chi connectivity index (χ1) is 12.7. The summed E-state index contributed by atoms with van der Waals surface area (Å²) in [7, 11) is 1.64. The number of ether oxygens (including phenoxy) is 1. The van der Waals surface area contributed by atoms with Gasteiger partial charge >= 0.3 is 0 Å². The minimum absolute atomic E-state index is 0.0154. The molecular formula is C21H21N3O2. The van der Waals surface area contributed by atoms with Gasteiger partial charge < -0.3 is 10.1 Å². The number of aromatic nitrogens is 2. The smallest absolute Gasteiger partial charge is 0.220 e. The number of carbonyl (C=O) groups excluding carboxylic acids is 1. The molecule has 0 aliphatic rings. The minimum Gasteiger partial charge on any atom is -0.497 e. The van der Waals surface area contributed by atoms with E-state index in [1.165, 1.54) is 0 Å². The second-order valence-electron chi connectivity index (χ2n) is 5.89. The highest BCUT2D eigenvalue weighted by molar-refractivity contribution is 5.76. The highest BCUT2D eigenvalue weighted by atomic mass is 16.5. The molecule has 0 atom stereocenters. The van der Waals surface area contributed by atoms with Crippen LogP contribution in [-0.4, -0.2) is 23.0 Å². The Labute approximate surface area is 153 Å². The third kappa shape index (κ3) is 4.89. The highest BCUT2D eigenvalue weighted by Crippen LogP contribution is 2.15. The molecule has 26 heavy (non-hydrogen) atoms. The fourth-order valence-corrected chi connectivity index (χ4v) is 2.57. The molecule has 0 unspecified atom stereocenters. The molecule has 2 aromatic heterocycles. The van der Waals surface area contributed by atoms with Crippen LogP contribution in [0.25, 0.3) is 11.4 Å². The summed E-state index contributed by atoms with van der Waals surface area (Å²) in [5.74, 6) is 0.823. The molecule has 1 N–H and O–H groups in total. The third-order valence-corrected chi connectivity index (χ3v) is 4.02. The highest BCUT2D eigenvalue weighted by Gasteiger charge is 2.05. The van der Waals surface area contributed by atoms with Gasteiger partial charge in [0.05, 0.1) is 18.5 Å². The zero-order valence-corrected chi connectivity index (χ0v) is 14.7. The second-order valence-corrected chi connectivity index (χ2v) is 5.89. The Morgan fingerprint density at radius 3 is 2.62 bits per heavy atom. The Balaban J connectivity index is 1.48. The molecule has 1 amide bonds. The fourth-order valence-electron chi connectivity index (χ4n) is 2.57. The van der Waals surface area contributed by atoms with Crippen LogP contribution in [0.5, 0.6) is 5.75 Å². The Hall–Kier alpha value is -3.21. The van der Waals surface area contributed by atoms with Crippen LogP contribution in [0.1, 0.15) is 17.5 Å². The summed E-state index contributed by atoms with van der Waals surface area (Å²) in [6.07, 6.45) is 4.63. The van der Waals surface area contributed by atoms with Gasteiger partial charge in [-0.15, -0.1) is 0 Å². The van der Waals surface area contributed by atoms with Crippen molar-refractivity contribution in [2.45, 2.75) is 19.4 Å². The van der Waals surface area contributed by atoms with Crippen LogP contribution in [0.15, 0.2) is 67.0 Å². The molecule has 3 aromatic rings. The average molecular weight is 347 g/mol. The van der Waals surface area contributed by atoms with E-state index in [1.807, 2.05) is 54.6 Å². The number of carbonyl (C=O) groups is 1. The van der Waals surface area contributed by atoms with E-state index in [0.717, 1.165) is 28.3 Å². The fraction of sp³-hybridized carbons (Fsp3) is 0.190. The largest absolute Gasteiger partial charge is 0.497 e. The van der Waals surface area contributed by atoms with E-state index in [1.54, 1.807) is 19.5 Å². The van der Waals surface area contributed by atoms with Crippen LogP contribution in [0, 0.1) is 0 Å². The summed E-state index contributed by atoms with van der Waals surface area (Å²) in [6.45, 7) is 0.465. The molecular weight excluding hydrogens is 326 g/mol. The van der Waals surface area contributed by atoms with Crippen molar-refractivity contribution in [3.8, 4) is 17.1 Å². The summed E-state index contributed by atoms with van der Waals surface area (Å²) in [5, 5.41) is 2.93. The van der Waals surface area contributed by atoms with Crippen LogP contribution < -0.4 is 10.1 Å². The van der Waals surface area contributed by atoms with Crippen LogP contribution >= 0.6 is 0 Å². The van der Waals surface area contributed by atoms with Crippen LogP contribution in [0.2, 0.25) is 0 Å². The molecule has 0 saturated carbocycles. The van der Waals surface area contributed by atoms with Gasteiger partial charge in [-0.3, -0.25) is 14.8 Å². The first kappa shape index (κ1) is 17.6. The topological polar surface area (TPSA) is 64.1 Å². The van der Waals surface area contributed by atoms with Gasteiger partial charge in [-0.2, -0.15) is 0 Å². The van der Waals surface area contributed by atoms with Crippen molar-refractivity contribution >= 4 is 5.91 Å². The quantitative estimate of drug-likeness (QED) is 0.711. The van der Waals surface area contributed by atoms with E-state index < -0.39 is 0 Å². The number of nitrogens with one attached hydrogen (secondary N) is 1. The maximum absolute atomic E-state index is 12.1. The van der Waals surface area contributed by atoms with Gasteiger partial charge in [0.25, 0.3) is 0 Å². The van der Waals surface area contributed by atoms with Gasteiger partial charge in [-0.25, -0.2) is 0 Å². The lowest BCUT2D eigenvalue weighted by molar-refractivity contribution is -0.121. The van der Waals surface area contributed by atoms with Gasteiger partial charge in [-0.05, 0) is 47.9 Å². The number of nitrogens with zero attached hydrogens (tertiary/aromatic N) is 2. The number of methoxy groups -OCH3 is 1. The normalized spacial score (nSPS) is 10.3. The van der Waals surface area contributed by atoms with Crippen molar-refractivity contribution in [3.63, 3.8) is 0 Å². The Bertz CT molecular complexity index is 849. The van der Waals surface area contributed by atoms with Gasteiger partial charge in [0, 0.05) is 25.4 Å². The molecule has 0 aliphatic heterocycles. The number of benzene rings is 1. The van der Waals surface area contributed by atoms with Crippen LogP contribution in [-0.2, 0) is 17.8 Å². The molecule has 5 heteroatoms. The van der Waals surface area contributed by atoms with Crippen molar-refractivity contribution < 1.29 is 9.53 Å². The monoisotopic (exact) mass is 347 g/mol. The predicted octanol–water partition coefficient (Wildman–Crippen LogP) is 3.40. The molecule has 132 valence electrons. The lowest BCUT2D eigenvalue weighted by Crippen LogP contribution is -2.23. The maximum atomic E-state index is 12.1. The Morgan fingerprint density at radius 1 is 1.00 bits per heavy atom. The van der Waals surface area contributed by atoms with Gasteiger partial charge in [0.15, 0.2) is 0 Å². The summed E-state index contributed by atoms with van der Waals surface area (Å²) >= 11 is 0. The minimum atomic E-state index is 0.0154. The van der Waals surface area contributed by atoms with Crippen LogP contribution in [0.4, 0.5) is 0 Å². The number of hydrogen-bond acceptors (Lipinski definition) is 4. The molecule has 1 aromatic carbocycles.